The van der Waals surface area contributed by atoms with Crippen LogP contribution in [0.1, 0.15) is 45.6 Å². The molecule has 1 fully saturated rings. The highest BCUT2D eigenvalue weighted by molar-refractivity contribution is 7.99. The zero-order chi connectivity index (χ0) is 13.7. The van der Waals surface area contributed by atoms with E-state index in [0.717, 1.165) is 5.92 Å². The first-order valence-corrected chi connectivity index (χ1v) is 8.48. The Morgan fingerprint density at radius 2 is 1.74 bits per heavy atom. The number of rotatable bonds is 4. The van der Waals surface area contributed by atoms with Gasteiger partial charge in [-0.2, -0.15) is 0 Å². The molecule has 1 N–H and O–H groups in total. The van der Waals surface area contributed by atoms with Crippen LogP contribution in [0.5, 0.6) is 0 Å². The maximum atomic E-state index is 3.44. The normalized spacial score (nSPS) is 17.6. The zero-order valence-corrected chi connectivity index (χ0v) is 13.4. The number of nitrogens with one attached hydrogen (secondary N) is 1. The molecule has 0 aromatic heterocycles. The first kappa shape index (κ1) is 14.9. The first-order valence-electron chi connectivity index (χ1n) is 7.50. The Kier molecular flexibility index (Phi) is 5.35. The highest BCUT2D eigenvalue weighted by Gasteiger charge is 2.14. The van der Waals surface area contributed by atoms with Crippen molar-refractivity contribution in [1.29, 1.82) is 0 Å². The second kappa shape index (κ2) is 6.81. The standard InChI is InChI=1S/C17H27NS/c1-17(2,3)15-4-6-16(7-5-15)19-13-10-14-8-11-18-12-9-14/h4-7,14,18H,8-13H2,1-3H3. The smallest absolute Gasteiger partial charge is 0.00721 e. The van der Waals surface area contributed by atoms with Crippen molar-refractivity contribution in [2.45, 2.75) is 50.3 Å². The molecule has 106 valence electrons. The lowest BCUT2D eigenvalue weighted by atomic mass is 9.87. The van der Waals surface area contributed by atoms with E-state index in [4.69, 9.17) is 0 Å². The van der Waals surface area contributed by atoms with Gasteiger partial charge in [-0.15, -0.1) is 11.8 Å². The lowest BCUT2D eigenvalue weighted by Crippen LogP contribution is -2.27. The highest BCUT2D eigenvalue weighted by Crippen LogP contribution is 2.27. The topological polar surface area (TPSA) is 12.0 Å². The molecule has 1 aromatic carbocycles. The van der Waals surface area contributed by atoms with E-state index in [2.05, 4.69) is 50.4 Å². The molecule has 1 nitrogen and oxygen atoms in total. The summed E-state index contributed by atoms with van der Waals surface area (Å²) in [4.78, 5) is 1.42. The molecule has 0 saturated carbocycles. The molecule has 1 heterocycles. The van der Waals surface area contributed by atoms with Crippen molar-refractivity contribution in [3.05, 3.63) is 29.8 Å². The molecule has 2 heteroatoms. The van der Waals surface area contributed by atoms with Crippen molar-refractivity contribution >= 4 is 11.8 Å². The van der Waals surface area contributed by atoms with Gasteiger partial charge in [-0.05, 0) is 67.1 Å². The summed E-state index contributed by atoms with van der Waals surface area (Å²) in [6.45, 7) is 9.25. The summed E-state index contributed by atoms with van der Waals surface area (Å²) < 4.78 is 0. The van der Waals surface area contributed by atoms with Crippen LogP contribution >= 0.6 is 11.8 Å². The minimum atomic E-state index is 0.262. The molecule has 0 atom stereocenters. The molecule has 2 rings (SSSR count). The summed E-state index contributed by atoms with van der Waals surface area (Å²) in [6, 6.07) is 9.14. The van der Waals surface area contributed by atoms with Gasteiger partial charge < -0.3 is 5.32 Å². The van der Waals surface area contributed by atoms with Crippen LogP contribution in [0, 0.1) is 5.92 Å². The number of hydrogen-bond acceptors (Lipinski definition) is 2. The second-order valence-electron chi connectivity index (χ2n) is 6.60. The van der Waals surface area contributed by atoms with Crippen LogP contribution in [0.15, 0.2) is 29.2 Å². The van der Waals surface area contributed by atoms with Gasteiger partial charge in [-0.1, -0.05) is 32.9 Å². The van der Waals surface area contributed by atoms with E-state index in [-0.39, 0.29) is 5.41 Å². The third-order valence-electron chi connectivity index (χ3n) is 3.97. The van der Waals surface area contributed by atoms with Crippen LogP contribution < -0.4 is 5.32 Å². The molecule has 0 aliphatic carbocycles. The van der Waals surface area contributed by atoms with Gasteiger partial charge in [0.05, 0.1) is 0 Å². The maximum absolute atomic E-state index is 3.44. The van der Waals surface area contributed by atoms with Crippen molar-refractivity contribution in [3.8, 4) is 0 Å². The van der Waals surface area contributed by atoms with Crippen molar-refractivity contribution < 1.29 is 0 Å². The fourth-order valence-electron chi connectivity index (χ4n) is 2.56. The van der Waals surface area contributed by atoms with Crippen LogP contribution in [0.3, 0.4) is 0 Å². The molecule has 0 amide bonds. The monoisotopic (exact) mass is 277 g/mol. The van der Waals surface area contributed by atoms with Crippen molar-refractivity contribution in [3.63, 3.8) is 0 Å². The fourth-order valence-corrected chi connectivity index (χ4v) is 3.58. The average molecular weight is 277 g/mol. The lowest BCUT2D eigenvalue weighted by molar-refractivity contribution is 0.367. The molecule has 19 heavy (non-hydrogen) atoms. The molecule has 1 aliphatic rings. The molecule has 1 saturated heterocycles. The summed E-state index contributed by atoms with van der Waals surface area (Å²) in [6.07, 6.45) is 4.10. The van der Waals surface area contributed by atoms with Crippen molar-refractivity contribution in [2.24, 2.45) is 5.92 Å². The quantitative estimate of drug-likeness (QED) is 0.815. The Hall–Kier alpha value is -0.470. The Bertz CT molecular complexity index is 371. The molecule has 0 unspecified atom stereocenters. The van der Waals surface area contributed by atoms with Crippen LogP contribution in [0.4, 0.5) is 0 Å². The van der Waals surface area contributed by atoms with Gasteiger partial charge in [0.15, 0.2) is 0 Å². The number of piperidine rings is 1. The van der Waals surface area contributed by atoms with E-state index in [1.165, 1.54) is 48.6 Å². The van der Waals surface area contributed by atoms with Crippen LogP contribution in [0.25, 0.3) is 0 Å². The predicted octanol–water partition coefficient (Wildman–Crippen LogP) is 4.47. The Morgan fingerprint density at radius 3 is 2.32 bits per heavy atom. The molecule has 1 aromatic rings. The minimum absolute atomic E-state index is 0.262. The summed E-state index contributed by atoms with van der Waals surface area (Å²) in [5.41, 5.74) is 1.69. The number of thioether (sulfide) groups is 1. The van der Waals surface area contributed by atoms with Gasteiger partial charge in [0.1, 0.15) is 0 Å². The minimum Gasteiger partial charge on any atom is -0.317 e. The molecule has 1 aliphatic heterocycles. The molecule has 0 bridgehead atoms. The number of hydrogen-bond donors (Lipinski definition) is 1. The van der Waals surface area contributed by atoms with Crippen molar-refractivity contribution in [2.75, 3.05) is 18.8 Å². The average Bonchev–Trinajstić information content (AvgIpc) is 2.39. The third-order valence-corrected chi connectivity index (χ3v) is 5.02. The van der Waals surface area contributed by atoms with Gasteiger partial charge in [0.2, 0.25) is 0 Å². The van der Waals surface area contributed by atoms with Crippen LogP contribution in [0.2, 0.25) is 0 Å². The predicted molar refractivity (Wildman–Crippen MR) is 86.1 cm³/mol. The molecular weight excluding hydrogens is 250 g/mol. The van der Waals surface area contributed by atoms with Crippen molar-refractivity contribution in [1.82, 2.24) is 5.32 Å². The van der Waals surface area contributed by atoms with E-state index in [1.54, 1.807) is 0 Å². The van der Waals surface area contributed by atoms with E-state index in [9.17, 15) is 0 Å². The Labute approximate surface area is 122 Å². The first-order chi connectivity index (χ1) is 9.05. The lowest BCUT2D eigenvalue weighted by Gasteiger charge is -2.22. The van der Waals surface area contributed by atoms with E-state index in [0.29, 0.717) is 0 Å². The molecule has 0 spiro atoms. The van der Waals surface area contributed by atoms with Gasteiger partial charge in [-0.3, -0.25) is 0 Å². The zero-order valence-electron chi connectivity index (χ0n) is 12.5. The van der Waals surface area contributed by atoms with Gasteiger partial charge in [0, 0.05) is 4.90 Å². The summed E-state index contributed by atoms with van der Waals surface area (Å²) in [5, 5.41) is 3.44. The van der Waals surface area contributed by atoms with Gasteiger partial charge in [0.25, 0.3) is 0 Å². The third kappa shape index (κ3) is 4.85. The summed E-state index contributed by atoms with van der Waals surface area (Å²) in [7, 11) is 0. The van der Waals surface area contributed by atoms with Crippen LogP contribution in [-0.4, -0.2) is 18.8 Å². The number of benzene rings is 1. The summed E-state index contributed by atoms with van der Waals surface area (Å²) in [5.74, 6) is 2.21. The van der Waals surface area contributed by atoms with Crippen LogP contribution in [-0.2, 0) is 5.41 Å². The maximum Gasteiger partial charge on any atom is 0.00721 e. The Balaban J connectivity index is 1.76. The van der Waals surface area contributed by atoms with E-state index in [1.807, 2.05) is 11.8 Å². The Morgan fingerprint density at radius 1 is 1.11 bits per heavy atom. The molecule has 0 radical (unpaired) electrons. The fraction of sp³-hybridized carbons (Fsp3) is 0.647. The van der Waals surface area contributed by atoms with E-state index < -0.39 is 0 Å². The summed E-state index contributed by atoms with van der Waals surface area (Å²) >= 11 is 2.01. The molecular formula is C17H27NS. The second-order valence-corrected chi connectivity index (χ2v) is 7.77. The van der Waals surface area contributed by atoms with Gasteiger partial charge >= 0.3 is 0 Å². The highest BCUT2D eigenvalue weighted by atomic mass is 32.2. The SMILES string of the molecule is CC(C)(C)c1ccc(SCCC2CCNCC2)cc1. The van der Waals surface area contributed by atoms with Gasteiger partial charge in [-0.25, -0.2) is 0 Å². The largest absolute Gasteiger partial charge is 0.317 e. The van der Waals surface area contributed by atoms with E-state index >= 15 is 0 Å².